The van der Waals surface area contributed by atoms with Gasteiger partial charge in [-0.3, -0.25) is 4.79 Å². The van der Waals surface area contributed by atoms with Crippen LogP contribution in [-0.2, 0) is 20.9 Å². The molecule has 2 rings (SSSR count). The van der Waals surface area contributed by atoms with Crippen molar-refractivity contribution in [2.75, 3.05) is 26.7 Å². The number of ether oxygens (including phenoxy) is 1. The molecule has 0 aliphatic carbocycles. The summed E-state index contributed by atoms with van der Waals surface area (Å²) in [5.74, 6) is -0.237. The fourth-order valence-electron chi connectivity index (χ4n) is 3.12. The maximum Gasteiger partial charge on any atom is 0.248 e. The number of aldehydes is 1. The molecular weight excluding hydrogens is 338 g/mol. The fraction of sp³-hybridized carbons (Fsp3) is 0.765. The number of nitrogens with zero attached hydrogens (tertiary/aromatic N) is 4. The molecule has 1 aromatic heterocycles. The van der Waals surface area contributed by atoms with Crippen LogP contribution in [0.2, 0.25) is 0 Å². The predicted octanol–water partition coefficient (Wildman–Crippen LogP) is -0.238. The summed E-state index contributed by atoms with van der Waals surface area (Å²) in [6.07, 6.45) is 2.02. The van der Waals surface area contributed by atoms with Crippen molar-refractivity contribution in [2.24, 2.45) is 5.41 Å². The van der Waals surface area contributed by atoms with Gasteiger partial charge in [-0.05, 0) is 12.5 Å². The number of likely N-dealkylation sites (tertiary alicyclic amines) is 1. The van der Waals surface area contributed by atoms with Crippen LogP contribution in [0.1, 0.15) is 38.9 Å². The number of hydrogen-bond donors (Lipinski definition) is 2. The van der Waals surface area contributed by atoms with Crippen molar-refractivity contribution >= 4 is 12.2 Å². The van der Waals surface area contributed by atoms with Crippen LogP contribution in [0.15, 0.2) is 6.20 Å². The summed E-state index contributed by atoms with van der Waals surface area (Å²) in [5.41, 5.74) is 0.187. The van der Waals surface area contributed by atoms with Crippen molar-refractivity contribution in [3.63, 3.8) is 0 Å². The van der Waals surface area contributed by atoms with Gasteiger partial charge in [0.05, 0.1) is 31.6 Å². The van der Waals surface area contributed by atoms with Gasteiger partial charge in [0.25, 0.3) is 0 Å². The Kier molecular flexibility index (Phi) is 6.85. The lowest BCUT2D eigenvalue weighted by Gasteiger charge is -2.33. The van der Waals surface area contributed by atoms with E-state index in [4.69, 9.17) is 4.74 Å². The average molecular weight is 367 g/mol. The van der Waals surface area contributed by atoms with E-state index in [1.165, 1.54) is 9.58 Å². The molecule has 0 aromatic carbocycles. The Hall–Kier alpha value is -1.84. The maximum atomic E-state index is 13.1. The van der Waals surface area contributed by atoms with Gasteiger partial charge in [0.2, 0.25) is 5.91 Å². The lowest BCUT2D eigenvalue weighted by Crippen LogP contribution is -2.45. The Morgan fingerprint density at radius 3 is 2.88 bits per heavy atom. The van der Waals surface area contributed by atoms with Gasteiger partial charge < -0.3 is 24.9 Å². The number of rotatable bonds is 8. The van der Waals surface area contributed by atoms with Gasteiger partial charge in [0.15, 0.2) is 0 Å². The first-order valence-electron chi connectivity index (χ1n) is 8.84. The SMILES string of the molecule is CNCCOCc1cn(C(C(=O)N2C[C@H](O)C[C@H]2C=O)C(C)(C)C)nn1. The van der Waals surface area contributed by atoms with Gasteiger partial charge in [-0.15, -0.1) is 5.10 Å². The molecule has 2 heterocycles. The summed E-state index contributed by atoms with van der Waals surface area (Å²) in [6, 6.07) is -1.23. The van der Waals surface area contributed by atoms with Gasteiger partial charge >= 0.3 is 0 Å². The largest absolute Gasteiger partial charge is 0.391 e. The van der Waals surface area contributed by atoms with E-state index in [1.807, 2.05) is 27.8 Å². The first kappa shape index (κ1) is 20.5. The Morgan fingerprint density at radius 1 is 1.54 bits per heavy atom. The smallest absolute Gasteiger partial charge is 0.248 e. The molecule has 2 N–H and O–H groups in total. The molecule has 9 heteroatoms. The number of hydrogen-bond acceptors (Lipinski definition) is 7. The van der Waals surface area contributed by atoms with Gasteiger partial charge in [0, 0.05) is 19.5 Å². The number of aromatic nitrogens is 3. The molecule has 1 saturated heterocycles. The van der Waals surface area contributed by atoms with Gasteiger partial charge in [-0.2, -0.15) is 0 Å². The van der Waals surface area contributed by atoms with Gasteiger partial charge in [-0.25, -0.2) is 4.68 Å². The molecule has 1 aliphatic rings. The van der Waals surface area contributed by atoms with Crippen molar-refractivity contribution in [2.45, 2.75) is 52.0 Å². The highest BCUT2D eigenvalue weighted by molar-refractivity contribution is 5.84. The van der Waals surface area contributed by atoms with E-state index in [2.05, 4.69) is 15.6 Å². The van der Waals surface area contributed by atoms with Crippen molar-refractivity contribution in [1.29, 1.82) is 0 Å². The summed E-state index contributed by atoms with van der Waals surface area (Å²) >= 11 is 0. The van der Waals surface area contributed by atoms with E-state index >= 15 is 0 Å². The van der Waals surface area contributed by atoms with Crippen LogP contribution < -0.4 is 5.32 Å². The van der Waals surface area contributed by atoms with E-state index in [9.17, 15) is 14.7 Å². The number of carbonyl (C=O) groups excluding carboxylic acids is 2. The van der Waals surface area contributed by atoms with Crippen LogP contribution in [0.5, 0.6) is 0 Å². The third kappa shape index (κ3) is 4.87. The standard InChI is InChI=1S/C17H29N5O4/c1-17(2,3)15(16(25)21-9-14(24)7-13(21)10-23)22-8-12(19-20-22)11-26-6-5-18-4/h8,10,13-15,18,24H,5-7,9,11H2,1-4H3/t13-,14+,15?/m0/s1. The highest BCUT2D eigenvalue weighted by atomic mass is 16.5. The predicted molar refractivity (Wildman–Crippen MR) is 94.3 cm³/mol. The average Bonchev–Trinajstić information content (AvgIpc) is 3.16. The zero-order valence-corrected chi connectivity index (χ0v) is 15.9. The number of amides is 1. The minimum absolute atomic E-state index is 0.156. The summed E-state index contributed by atoms with van der Waals surface area (Å²) in [4.78, 5) is 25.9. The van der Waals surface area contributed by atoms with Crippen molar-refractivity contribution in [1.82, 2.24) is 25.2 Å². The summed E-state index contributed by atoms with van der Waals surface area (Å²) in [6.45, 7) is 7.56. The molecule has 3 atom stereocenters. The molecule has 1 aromatic rings. The molecule has 1 unspecified atom stereocenters. The number of aliphatic hydroxyl groups excluding tert-OH is 1. The summed E-state index contributed by atoms with van der Waals surface area (Å²) in [7, 11) is 1.85. The monoisotopic (exact) mass is 367 g/mol. The fourth-order valence-corrected chi connectivity index (χ4v) is 3.12. The lowest BCUT2D eigenvalue weighted by atomic mass is 9.85. The third-order valence-electron chi connectivity index (χ3n) is 4.38. The minimum atomic E-state index is -0.679. The first-order chi connectivity index (χ1) is 12.3. The van der Waals surface area contributed by atoms with Crippen molar-refractivity contribution < 1.29 is 19.4 Å². The Labute approximate surface area is 153 Å². The summed E-state index contributed by atoms with van der Waals surface area (Å²) < 4.78 is 7.03. The van der Waals surface area contributed by atoms with E-state index in [0.717, 1.165) is 12.8 Å². The number of likely N-dealkylation sites (N-methyl/N-ethyl adjacent to an activating group) is 1. The quantitative estimate of drug-likeness (QED) is 0.482. The van der Waals surface area contributed by atoms with E-state index in [1.54, 1.807) is 6.20 Å². The van der Waals surface area contributed by atoms with Crippen LogP contribution in [-0.4, -0.2) is 76.1 Å². The topological polar surface area (TPSA) is 110 Å². The number of β-amino-alcohol motifs (C(OH)–C–C–N with tert-alkyl or cyclic N) is 1. The molecule has 9 nitrogen and oxygen atoms in total. The lowest BCUT2D eigenvalue weighted by molar-refractivity contribution is -0.141. The van der Waals surface area contributed by atoms with Crippen LogP contribution in [0.25, 0.3) is 0 Å². The number of aliphatic hydroxyl groups is 1. The molecule has 0 saturated carbocycles. The molecular formula is C17H29N5O4. The first-order valence-corrected chi connectivity index (χ1v) is 8.84. The Morgan fingerprint density at radius 2 is 2.27 bits per heavy atom. The minimum Gasteiger partial charge on any atom is -0.391 e. The van der Waals surface area contributed by atoms with Gasteiger partial charge in [0.1, 0.15) is 18.0 Å². The van der Waals surface area contributed by atoms with Crippen LogP contribution in [0.4, 0.5) is 0 Å². The third-order valence-corrected chi connectivity index (χ3v) is 4.38. The zero-order valence-electron chi connectivity index (χ0n) is 15.9. The highest BCUT2D eigenvalue weighted by Gasteiger charge is 2.42. The van der Waals surface area contributed by atoms with Crippen LogP contribution >= 0.6 is 0 Å². The molecule has 26 heavy (non-hydrogen) atoms. The molecule has 1 aliphatic heterocycles. The maximum absolute atomic E-state index is 13.1. The van der Waals surface area contributed by atoms with Gasteiger partial charge in [-0.1, -0.05) is 26.0 Å². The number of carbonyl (C=O) groups is 2. The number of nitrogens with one attached hydrogen (secondary N) is 1. The van der Waals surface area contributed by atoms with E-state index in [0.29, 0.717) is 18.9 Å². The van der Waals surface area contributed by atoms with Crippen LogP contribution in [0, 0.1) is 5.41 Å². The zero-order chi connectivity index (χ0) is 19.3. The van der Waals surface area contributed by atoms with E-state index < -0.39 is 23.6 Å². The Bertz CT molecular complexity index is 613. The van der Waals surface area contributed by atoms with Crippen molar-refractivity contribution in [3.8, 4) is 0 Å². The molecule has 146 valence electrons. The second-order valence-corrected chi connectivity index (χ2v) is 7.70. The molecule has 0 spiro atoms. The van der Waals surface area contributed by atoms with E-state index in [-0.39, 0.29) is 18.9 Å². The molecule has 1 fully saturated rings. The second kappa shape index (κ2) is 8.70. The Balaban J connectivity index is 2.16. The second-order valence-electron chi connectivity index (χ2n) is 7.70. The molecule has 0 radical (unpaired) electrons. The molecule has 0 bridgehead atoms. The highest BCUT2D eigenvalue weighted by Crippen LogP contribution is 2.33. The van der Waals surface area contributed by atoms with Crippen LogP contribution in [0.3, 0.4) is 0 Å². The molecule has 1 amide bonds. The van der Waals surface area contributed by atoms with Crippen molar-refractivity contribution in [3.05, 3.63) is 11.9 Å². The normalized spacial score (nSPS) is 21.8. The summed E-state index contributed by atoms with van der Waals surface area (Å²) in [5, 5.41) is 21.0.